The van der Waals surface area contributed by atoms with Crippen molar-refractivity contribution in [3.63, 3.8) is 0 Å². The molecule has 158 valence electrons. The molecule has 0 saturated carbocycles. The molecule has 0 radical (unpaired) electrons. The van der Waals surface area contributed by atoms with Gasteiger partial charge in [-0.1, -0.05) is 98.8 Å². The summed E-state index contributed by atoms with van der Waals surface area (Å²) in [6.45, 7) is 13.2. The van der Waals surface area contributed by atoms with Gasteiger partial charge in [-0.15, -0.1) is 0 Å². The Morgan fingerprint density at radius 1 is 0.577 bits per heavy atom. The Bertz CT molecular complexity index is 277. The van der Waals surface area contributed by atoms with E-state index in [9.17, 15) is 0 Å². The first kappa shape index (κ1) is 26.1. The van der Waals surface area contributed by atoms with E-state index < -0.39 is 8.56 Å². The van der Waals surface area contributed by atoms with Crippen LogP contribution in [-0.2, 0) is 8.85 Å². The third kappa shape index (κ3) is 15.2. The van der Waals surface area contributed by atoms with Crippen molar-refractivity contribution in [2.75, 3.05) is 13.2 Å². The monoisotopic (exact) mass is 386 g/mol. The van der Waals surface area contributed by atoms with Gasteiger partial charge in [0.2, 0.25) is 0 Å². The Morgan fingerprint density at radius 3 is 1.42 bits per heavy atom. The molecule has 0 aromatic carbocycles. The fraction of sp³-hybridized carbons (Fsp3) is 1.00. The van der Waals surface area contributed by atoms with E-state index in [1.54, 1.807) is 0 Å². The fourth-order valence-corrected chi connectivity index (χ4v) is 5.91. The topological polar surface area (TPSA) is 18.5 Å². The summed E-state index contributed by atoms with van der Waals surface area (Å²) in [5.74, 6) is 0.773. The second-order valence-corrected chi connectivity index (χ2v) is 12.2. The third-order valence-electron chi connectivity index (χ3n) is 5.48. The molecule has 0 aromatic rings. The molecule has 0 aliphatic carbocycles. The van der Waals surface area contributed by atoms with Crippen molar-refractivity contribution < 1.29 is 8.85 Å². The van der Waals surface area contributed by atoms with Crippen LogP contribution in [0.5, 0.6) is 0 Å². The van der Waals surface area contributed by atoms with E-state index >= 15 is 0 Å². The van der Waals surface area contributed by atoms with Crippen molar-refractivity contribution >= 4 is 8.56 Å². The summed E-state index contributed by atoms with van der Waals surface area (Å²) < 4.78 is 12.6. The van der Waals surface area contributed by atoms with Crippen molar-refractivity contribution in [2.45, 2.75) is 130 Å². The van der Waals surface area contributed by atoms with Crippen molar-refractivity contribution in [1.82, 2.24) is 0 Å². The summed E-state index contributed by atoms with van der Waals surface area (Å²) in [7, 11) is -1.91. The lowest BCUT2D eigenvalue weighted by atomic mass is 10.1. The predicted molar refractivity (Wildman–Crippen MR) is 119 cm³/mol. The lowest BCUT2D eigenvalue weighted by molar-refractivity contribution is 0.161. The van der Waals surface area contributed by atoms with Gasteiger partial charge in [-0.05, 0) is 37.3 Å². The highest BCUT2D eigenvalue weighted by atomic mass is 28.4. The summed E-state index contributed by atoms with van der Waals surface area (Å²) in [6, 6.07) is 2.17. The minimum absolute atomic E-state index is 0.773. The molecule has 0 amide bonds. The molecule has 0 aliphatic heterocycles. The minimum atomic E-state index is -1.91. The maximum Gasteiger partial charge on any atom is 0.337 e. The molecule has 0 spiro atoms. The first-order valence-corrected chi connectivity index (χ1v) is 14.1. The molecule has 0 fully saturated rings. The van der Waals surface area contributed by atoms with Gasteiger partial charge in [0.1, 0.15) is 0 Å². The van der Waals surface area contributed by atoms with Crippen LogP contribution < -0.4 is 0 Å². The minimum Gasteiger partial charge on any atom is -0.394 e. The lowest BCUT2D eigenvalue weighted by Gasteiger charge is -2.29. The average molecular weight is 387 g/mol. The summed E-state index contributed by atoms with van der Waals surface area (Å²) >= 11 is 0. The molecule has 26 heavy (non-hydrogen) atoms. The van der Waals surface area contributed by atoms with Crippen molar-refractivity contribution in [1.29, 1.82) is 0 Å². The Labute approximate surface area is 167 Å². The third-order valence-corrected chi connectivity index (χ3v) is 9.10. The molecule has 0 rings (SSSR count). The van der Waals surface area contributed by atoms with Gasteiger partial charge in [-0.2, -0.15) is 0 Å². The molecule has 3 heteroatoms. The van der Waals surface area contributed by atoms with Crippen LogP contribution in [0.2, 0.25) is 12.1 Å². The number of unbranched alkanes of at least 4 members (excludes halogenated alkanes) is 10. The standard InChI is InChI=1S/C23H50O2Si/c1-6-9-10-11-12-13-14-15-16-17-18-21-24-26(7-2,8-3)25-22-19-20-23(4)5/h23H,6-22H2,1-5H3. The zero-order valence-corrected chi connectivity index (χ0v) is 19.9. The second kappa shape index (κ2) is 18.5. The van der Waals surface area contributed by atoms with Gasteiger partial charge >= 0.3 is 8.56 Å². The zero-order chi connectivity index (χ0) is 19.5. The summed E-state index contributed by atoms with van der Waals surface area (Å²) in [4.78, 5) is 0. The van der Waals surface area contributed by atoms with Gasteiger partial charge < -0.3 is 8.85 Å². The van der Waals surface area contributed by atoms with Crippen molar-refractivity contribution in [3.8, 4) is 0 Å². The molecule has 0 N–H and O–H groups in total. The SMILES string of the molecule is CCCCCCCCCCCCCO[Si](CC)(CC)OCCCC(C)C. The molecule has 0 saturated heterocycles. The normalized spacial score (nSPS) is 12.2. The molecule has 0 heterocycles. The van der Waals surface area contributed by atoms with E-state index in [0.717, 1.165) is 31.2 Å². The fourth-order valence-electron chi connectivity index (χ4n) is 3.47. The Morgan fingerprint density at radius 2 is 1.00 bits per heavy atom. The van der Waals surface area contributed by atoms with Crippen LogP contribution in [0.4, 0.5) is 0 Å². The van der Waals surface area contributed by atoms with Crippen molar-refractivity contribution in [2.24, 2.45) is 5.92 Å². The Hall–Kier alpha value is 0.137. The zero-order valence-electron chi connectivity index (χ0n) is 18.9. The maximum absolute atomic E-state index is 6.33. The summed E-state index contributed by atoms with van der Waals surface area (Å²) in [5, 5.41) is 0. The summed E-state index contributed by atoms with van der Waals surface area (Å²) in [5.41, 5.74) is 0. The lowest BCUT2D eigenvalue weighted by Crippen LogP contribution is -2.41. The van der Waals surface area contributed by atoms with Crippen LogP contribution >= 0.6 is 0 Å². The molecule has 0 atom stereocenters. The van der Waals surface area contributed by atoms with Gasteiger partial charge in [0.05, 0.1) is 0 Å². The molecule has 2 nitrogen and oxygen atoms in total. The molecule has 0 bridgehead atoms. The van der Waals surface area contributed by atoms with Gasteiger partial charge in [0.25, 0.3) is 0 Å². The second-order valence-electron chi connectivity index (χ2n) is 8.39. The molecular formula is C23H50O2Si. The van der Waals surface area contributed by atoms with E-state index in [1.807, 2.05) is 0 Å². The first-order valence-electron chi connectivity index (χ1n) is 11.9. The smallest absolute Gasteiger partial charge is 0.337 e. The quantitative estimate of drug-likeness (QED) is 0.155. The summed E-state index contributed by atoms with van der Waals surface area (Å²) in [6.07, 6.45) is 17.7. The van der Waals surface area contributed by atoms with E-state index in [-0.39, 0.29) is 0 Å². The number of rotatable bonds is 20. The van der Waals surface area contributed by atoms with E-state index in [0.29, 0.717) is 0 Å². The van der Waals surface area contributed by atoms with Crippen LogP contribution in [0.15, 0.2) is 0 Å². The van der Waals surface area contributed by atoms with Gasteiger partial charge in [-0.25, -0.2) is 0 Å². The van der Waals surface area contributed by atoms with Crippen LogP contribution in [0.1, 0.15) is 118 Å². The van der Waals surface area contributed by atoms with E-state index in [4.69, 9.17) is 8.85 Å². The van der Waals surface area contributed by atoms with Crippen LogP contribution in [0.25, 0.3) is 0 Å². The average Bonchev–Trinajstić information content (AvgIpc) is 2.64. The predicted octanol–water partition coefficient (Wildman–Crippen LogP) is 8.25. The van der Waals surface area contributed by atoms with Crippen LogP contribution in [-0.4, -0.2) is 21.8 Å². The number of hydrogen-bond acceptors (Lipinski definition) is 2. The van der Waals surface area contributed by atoms with Gasteiger partial charge in [0.15, 0.2) is 0 Å². The van der Waals surface area contributed by atoms with Crippen LogP contribution in [0, 0.1) is 5.92 Å². The molecule has 0 aromatic heterocycles. The van der Waals surface area contributed by atoms with Crippen LogP contribution in [0.3, 0.4) is 0 Å². The van der Waals surface area contributed by atoms with Gasteiger partial charge in [0, 0.05) is 13.2 Å². The first-order chi connectivity index (χ1) is 12.6. The molecular weight excluding hydrogens is 336 g/mol. The highest BCUT2D eigenvalue weighted by molar-refractivity contribution is 6.67. The van der Waals surface area contributed by atoms with E-state index in [1.165, 1.54) is 83.5 Å². The Kier molecular flexibility index (Phi) is 18.6. The maximum atomic E-state index is 6.33. The molecule has 0 unspecified atom stereocenters. The van der Waals surface area contributed by atoms with E-state index in [2.05, 4.69) is 34.6 Å². The largest absolute Gasteiger partial charge is 0.394 e. The highest BCUT2D eigenvalue weighted by Crippen LogP contribution is 2.20. The van der Waals surface area contributed by atoms with Crippen molar-refractivity contribution in [3.05, 3.63) is 0 Å². The number of hydrogen-bond donors (Lipinski definition) is 0. The van der Waals surface area contributed by atoms with Gasteiger partial charge in [-0.3, -0.25) is 0 Å². The molecule has 0 aliphatic rings. The highest BCUT2D eigenvalue weighted by Gasteiger charge is 2.33. The Balaban J connectivity index is 3.61.